The van der Waals surface area contributed by atoms with E-state index in [1.54, 1.807) is 12.1 Å². The highest BCUT2D eigenvalue weighted by Gasteiger charge is 2.31. The van der Waals surface area contributed by atoms with Crippen LogP contribution in [0.4, 0.5) is 4.79 Å². The lowest BCUT2D eigenvalue weighted by Gasteiger charge is -2.23. The summed E-state index contributed by atoms with van der Waals surface area (Å²) in [4.78, 5) is 38.3. The molecule has 0 spiro atoms. The number of aromatic carboxylic acids is 1. The van der Waals surface area contributed by atoms with Crippen molar-refractivity contribution in [2.75, 3.05) is 6.54 Å². The lowest BCUT2D eigenvalue weighted by atomic mass is 9.99. The molecule has 7 nitrogen and oxygen atoms in total. The largest absolute Gasteiger partial charge is 0.478 e. The molecule has 1 aromatic carbocycles. The number of carbonyl (C=O) groups is 3. The maximum atomic E-state index is 12.1. The number of hydrogen-bond donors (Lipinski definition) is 3. The van der Waals surface area contributed by atoms with Crippen LogP contribution < -0.4 is 0 Å². The standard InChI is InChI=1S/C13H10N2O5/c16-9-5-15(13(19)20)4-8-11(9)10-6(12(17)18)2-1-3-7(10)14-8/h1-3,14H,4-5H2,(H,17,18)(H,19,20). The molecule has 0 saturated heterocycles. The van der Waals surface area contributed by atoms with Crippen molar-refractivity contribution in [3.63, 3.8) is 0 Å². The minimum absolute atomic E-state index is 0.0390. The molecule has 1 aliphatic rings. The Kier molecular flexibility index (Phi) is 2.50. The molecule has 1 amide bonds. The normalized spacial score (nSPS) is 14.4. The van der Waals surface area contributed by atoms with E-state index in [-0.39, 0.29) is 24.2 Å². The second kappa shape index (κ2) is 4.09. The third-order valence-corrected chi connectivity index (χ3v) is 3.37. The van der Waals surface area contributed by atoms with E-state index in [0.717, 1.165) is 4.90 Å². The predicted molar refractivity (Wildman–Crippen MR) is 68.0 cm³/mol. The van der Waals surface area contributed by atoms with Crippen molar-refractivity contribution < 1.29 is 24.6 Å². The van der Waals surface area contributed by atoms with Gasteiger partial charge in [0.1, 0.15) is 0 Å². The van der Waals surface area contributed by atoms with Crippen molar-refractivity contribution in [3.05, 3.63) is 35.0 Å². The number of carboxylic acids is 1. The van der Waals surface area contributed by atoms with Crippen molar-refractivity contribution in [2.45, 2.75) is 6.54 Å². The van der Waals surface area contributed by atoms with E-state index in [0.29, 0.717) is 16.6 Å². The van der Waals surface area contributed by atoms with Gasteiger partial charge in [-0.3, -0.25) is 9.69 Å². The molecule has 3 rings (SSSR count). The first-order chi connectivity index (χ1) is 9.49. The van der Waals surface area contributed by atoms with Gasteiger partial charge in [0.15, 0.2) is 5.78 Å². The molecule has 2 heterocycles. The van der Waals surface area contributed by atoms with Crippen molar-refractivity contribution in [1.29, 1.82) is 0 Å². The Labute approximate surface area is 112 Å². The van der Waals surface area contributed by atoms with Gasteiger partial charge < -0.3 is 15.2 Å². The van der Waals surface area contributed by atoms with Crippen LogP contribution in [0, 0.1) is 0 Å². The lowest BCUT2D eigenvalue weighted by Crippen LogP contribution is -2.38. The second-order valence-electron chi connectivity index (χ2n) is 4.57. The van der Waals surface area contributed by atoms with Gasteiger partial charge >= 0.3 is 12.1 Å². The number of amides is 1. The van der Waals surface area contributed by atoms with Crippen molar-refractivity contribution in [2.24, 2.45) is 0 Å². The number of hydrogen-bond acceptors (Lipinski definition) is 3. The SMILES string of the molecule is O=C(O)c1cccc2[nH]c3c(c12)C(=O)CN(C(=O)O)C3. The van der Waals surface area contributed by atoms with Crippen LogP contribution in [0.15, 0.2) is 18.2 Å². The van der Waals surface area contributed by atoms with Crippen LogP contribution in [0.3, 0.4) is 0 Å². The zero-order chi connectivity index (χ0) is 14.4. The van der Waals surface area contributed by atoms with Crippen molar-refractivity contribution >= 4 is 28.7 Å². The Morgan fingerprint density at radius 3 is 2.60 bits per heavy atom. The molecule has 0 unspecified atom stereocenters. The zero-order valence-electron chi connectivity index (χ0n) is 10.2. The number of rotatable bonds is 1. The molecule has 20 heavy (non-hydrogen) atoms. The third kappa shape index (κ3) is 1.63. The van der Waals surface area contributed by atoms with Crippen LogP contribution in [0.25, 0.3) is 10.9 Å². The average molecular weight is 274 g/mol. The van der Waals surface area contributed by atoms with E-state index in [9.17, 15) is 19.5 Å². The molecule has 3 N–H and O–H groups in total. The first kappa shape index (κ1) is 12.2. The summed E-state index contributed by atoms with van der Waals surface area (Å²) in [5, 5.41) is 18.5. The summed E-state index contributed by atoms with van der Waals surface area (Å²) < 4.78 is 0. The summed E-state index contributed by atoms with van der Waals surface area (Å²) in [7, 11) is 0. The fourth-order valence-corrected chi connectivity index (χ4v) is 2.54. The van der Waals surface area contributed by atoms with Crippen LogP contribution in [-0.4, -0.2) is 44.5 Å². The summed E-state index contributed by atoms with van der Waals surface area (Å²) in [6.07, 6.45) is -1.18. The van der Waals surface area contributed by atoms with E-state index in [1.165, 1.54) is 6.07 Å². The van der Waals surface area contributed by atoms with Crippen LogP contribution >= 0.6 is 0 Å². The molecule has 0 aliphatic carbocycles. The maximum Gasteiger partial charge on any atom is 0.408 e. The molecule has 1 aliphatic heterocycles. The fourth-order valence-electron chi connectivity index (χ4n) is 2.54. The molecule has 0 atom stereocenters. The Balaban J connectivity index is 2.26. The summed E-state index contributed by atoms with van der Waals surface area (Å²) in [5.41, 5.74) is 1.29. The minimum atomic E-state index is -1.18. The number of aromatic nitrogens is 1. The number of Topliss-reactive ketones (excluding diaryl/α,β-unsaturated/α-hetero) is 1. The Bertz CT molecular complexity index is 761. The first-order valence-corrected chi connectivity index (χ1v) is 5.87. The number of benzene rings is 1. The molecule has 7 heteroatoms. The van der Waals surface area contributed by atoms with Gasteiger partial charge in [-0.15, -0.1) is 0 Å². The van der Waals surface area contributed by atoms with Gasteiger partial charge in [0.05, 0.1) is 24.2 Å². The summed E-state index contributed by atoms with van der Waals surface area (Å²) in [6.45, 7) is -0.215. The van der Waals surface area contributed by atoms with Gasteiger partial charge in [-0.25, -0.2) is 9.59 Å². The number of nitrogens with zero attached hydrogens (tertiary/aromatic N) is 1. The molecule has 0 fully saturated rings. The van der Waals surface area contributed by atoms with Crippen molar-refractivity contribution in [3.8, 4) is 0 Å². The Morgan fingerprint density at radius 2 is 1.95 bits per heavy atom. The average Bonchev–Trinajstić information content (AvgIpc) is 2.76. The van der Waals surface area contributed by atoms with Crippen LogP contribution in [-0.2, 0) is 6.54 Å². The van der Waals surface area contributed by atoms with Crippen LogP contribution in [0.2, 0.25) is 0 Å². The Morgan fingerprint density at radius 1 is 1.20 bits per heavy atom. The highest BCUT2D eigenvalue weighted by Crippen LogP contribution is 2.30. The van der Waals surface area contributed by atoms with Gasteiger partial charge in [-0.2, -0.15) is 0 Å². The summed E-state index contributed by atoms with van der Waals surface area (Å²) >= 11 is 0. The topological polar surface area (TPSA) is 111 Å². The van der Waals surface area contributed by atoms with E-state index in [1.807, 2.05) is 0 Å². The molecule has 2 aromatic rings. The predicted octanol–water partition coefficient (Wildman–Crippen LogP) is 1.54. The smallest absolute Gasteiger partial charge is 0.408 e. The number of nitrogens with one attached hydrogen (secondary N) is 1. The van der Waals surface area contributed by atoms with E-state index < -0.39 is 17.8 Å². The monoisotopic (exact) mass is 274 g/mol. The molecule has 0 bridgehead atoms. The molecule has 102 valence electrons. The number of aromatic amines is 1. The van der Waals surface area contributed by atoms with Gasteiger partial charge in [-0.05, 0) is 12.1 Å². The van der Waals surface area contributed by atoms with E-state index in [4.69, 9.17) is 5.11 Å². The number of H-pyrrole nitrogens is 1. The molecule has 1 aromatic heterocycles. The molecular weight excluding hydrogens is 264 g/mol. The van der Waals surface area contributed by atoms with Gasteiger partial charge in [0, 0.05) is 16.6 Å². The highest BCUT2D eigenvalue weighted by atomic mass is 16.4. The highest BCUT2D eigenvalue weighted by molar-refractivity contribution is 6.17. The minimum Gasteiger partial charge on any atom is -0.478 e. The maximum absolute atomic E-state index is 12.1. The second-order valence-corrected chi connectivity index (χ2v) is 4.57. The number of ketones is 1. The number of carbonyl (C=O) groups excluding carboxylic acids is 1. The van der Waals surface area contributed by atoms with Crippen molar-refractivity contribution in [1.82, 2.24) is 9.88 Å². The first-order valence-electron chi connectivity index (χ1n) is 5.87. The van der Waals surface area contributed by atoms with Gasteiger partial charge in [0.25, 0.3) is 0 Å². The fraction of sp³-hybridized carbons (Fsp3) is 0.154. The Hall–Kier alpha value is -2.83. The van der Waals surface area contributed by atoms with Gasteiger partial charge in [-0.1, -0.05) is 6.07 Å². The molecular formula is C13H10N2O5. The van der Waals surface area contributed by atoms with E-state index in [2.05, 4.69) is 4.98 Å². The van der Waals surface area contributed by atoms with Gasteiger partial charge in [0.2, 0.25) is 0 Å². The van der Waals surface area contributed by atoms with Crippen LogP contribution in [0.1, 0.15) is 26.4 Å². The summed E-state index contributed by atoms with van der Waals surface area (Å²) in [6, 6.07) is 4.67. The molecule has 0 saturated carbocycles. The van der Waals surface area contributed by atoms with E-state index >= 15 is 0 Å². The number of fused-ring (bicyclic) bond motifs is 3. The zero-order valence-corrected chi connectivity index (χ0v) is 10.2. The third-order valence-electron chi connectivity index (χ3n) is 3.37. The number of carboxylic acid groups (broad SMARTS) is 2. The lowest BCUT2D eigenvalue weighted by molar-refractivity contribution is 0.0699. The quantitative estimate of drug-likeness (QED) is 0.730. The molecule has 0 radical (unpaired) electrons. The summed E-state index contributed by atoms with van der Waals surface area (Å²) in [5.74, 6) is -1.51. The van der Waals surface area contributed by atoms with Crippen LogP contribution in [0.5, 0.6) is 0 Å².